The number of aromatic nitrogens is 1. The summed E-state index contributed by atoms with van der Waals surface area (Å²) in [5.74, 6) is 1.36. The van der Waals surface area contributed by atoms with Gasteiger partial charge in [0.2, 0.25) is 0 Å². The first-order valence-corrected chi connectivity index (χ1v) is 10.8. The summed E-state index contributed by atoms with van der Waals surface area (Å²) in [6.07, 6.45) is 1.60. The smallest absolute Gasteiger partial charge is 0.257 e. The van der Waals surface area contributed by atoms with Crippen LogP contribution in [0.25, 0.3) is 0 Å². The van der Waals surface area contributed by atoms with Crippen LogP contribution in [0.3, 0.4) is 0 Å². The average molecular weight is 406 g/mol. The molecule has 0 aliphatic carbocycles. The van der Waals surface area contributed by atoms with Crippen molar-refractivity contribution in [2.75, 3.05) is 31.1 Å². The van der Waals surface area contributed by atoms with Crippen LogP contribution in [0.5, 0.6) is 0 Å². The molecule has 7 nitrogen and oxygen atoms in total. The molecule has 8 heteroatoms. The van der Waals surface area contributed by atoms with E-state index < -0.39 is 14.6 Å². The van der Waals surface area contributed by atoms with Gasteiger partial charge < -0.3 is 14.2 Å². The zero-order valence-corrected chi connectivity index (χ0v) is 17.8. The summed E-state index contributed by atoms with van der Waals surface area (Å²) in [6.45, 7) is 11.1. The van der Waals surface area contributed by atoms with Gasteiger partial charge in [0, 0.05) is 26.2 Å². The fourth-order valence-corrected chi connectivity index (χ4v) is 4.28. The van der Waals surface area contributed by atoms with Gasteiger partial charge in [-0.1, -0.05) is 0 Å². The van der Waals surface area contributed by atoms with E-state index in [0.717, 1.165) is 11.4 Å². The number of sulfone groups is 1. The number of nitrogens with zero attached hydrogens (tertiary/aromatic N) is 3. The van der Waals surface area contributed by atoms with Crippen LogP contribution in [-0.2, 0) is 9.84 Å². The van der Waals surface area contributed by atoms with Crippen molar-refractivity contribution < 1.29 is 17.6 Å². The summed E-state index contributed by atoms with van der Waals surface area (Å²) < 4.78 is 29.6. The fourth-order valence-electron chi connectivity index (χ4n) is 3.21. The molecule has 0 N–H and O–H groups in total. The van der Waals surface area contributed by atoms with Gasteiger partial charge in [0.05, 0.1) is 22.2 Å². The Kier molecular flexibility index (Phi) is 5.27. The molecule has 2 aromatic heterocycles. The number of hydrogen-bond donors (Lipinski definition) is 0. The lowest BCUT2D eigenvalue weighted by atomic mass is 10.2. The second-order valence-corrected chi connectivity index (χ2v) is 10.7. The Labute approximate surface area is 166 Å². The van der Waals surface area contributed by atoms with Crippen molar-refractivity contribution in [1.29, 1.82) is 0 Å². The van der Waals surface area contributed by atoms with Crippen LogP contribution in [0.2, 0.25) is 0 Å². The number of anilines is 1. The van der Waals surface area contributed by atoms with Gasteiger partial charge in [-0.2, -0.15) is 0 Å². The van der Waals surface area contributed by atoms with E-state index in [9.17, 15) is 13.2 Å². The highest BCUT2D eigenvalue weighted by Gasteiger charge is 2.32. The Hall–Kier alpha value is -2.35. The van der Waals surface area contributed by atoms with E-state index in [1.807, 2.05) is 11.8 Å². The number of furan rings is 1. The van der Waals surface area contributed by atoms with Crippen LogP contribution in [0.1, 0.15) is 42.6 Å². The molecule has 0 atom stereocenters. The third-order valence-corrected chi connectivity index (χ3v) is 7.41. The van der Waals surface area contributed by atoms with Crippen molar-refractivity contribution in [3.05, 3.63) is 41.5 Å². The summed E-state index contributed by atoms with van der Waals surface area (Å²) in [6, 6.07) is 5.13. The lowest BCUT2D eigenvalue weighted by molar-refractivity contribution is 0.0745. The third-order valence-electron chi connectivity index (χ3n) is 5.01. The predicted octanol–water partition coefficient (Wildman–Crippen LogP) is 2.83. The normalized spacial score (nSPS) is 15.8. The number of aryl methyl sites for hydroxylation is 2. The van der Waals surface area contributed by atoms with Crippen LogP contribution in [-0.4, -0.2) is 55.1 Å². The van der Waals surface area contributed by atoms with E-state index in [4.69, 9.17) is 4.42 Å². The molecule has 1 amide bonds. The Balaban J connectivity index is 1.67. The van der Waals surface area contributed by atoms with E-state index in [2.05, 4.69) is 9.88 Å². The minimum Gasteiger partial charge on any atom is -0.466 e. The summed E-state index contributed by atoms with van der Waals surface area (Å²) in [5.41, 5.74) is 1.47. The van der Waals surface area contributed by atoms with Crippen molar-refractivity contribution in [2.45, 2.75) is 44.4 Å². The standard InChI is InChI=1S/C20H27N3O4S/c1-14-12-17(15(2)27-14)19(24)23-10-8-22(9-11-23)16-6-7-18(21-13-16)28(25,26)20(3,4)5/h6-7,12-13H,8-11H2,1-5H3. The van der Waals surface area contributed by atoms with E-state index in [0.29, 0.717) is 37.5 Å². The highest BCUT2D eigenvalue weighted by Crippen LogP contribution is 2.25. The first-order chi connectivity index (χ1) is 13.0. The number of amides is 1. The monoisotopic (exact) mass is 405 g/mol. The molecule has 0 spiro atoms. The van der Waals surface area contributed by atoms with Gasteiger partial charge in [0.25, 0.3) is 5.91 Å². The molecule has 1 aliphatic heterocycles. The second-order valence-electron chi connectivity index (χ2n) is 8.08. The summed E-state index contributed by atoms with van der Waals surface area (Å²) in [4.78, 5) is 20.8. The van der Waals surface area contributed by atoms with Gasteiger partial charge in [-0.3, -0.25) is 4.79 Å². The Bertz CT molecular complexity index is 964. The van der Waals surface area contributed by atoms with E-state index in [-0.39, 0.29) is 10.9 Å². The average Bonchev–Trinajstić information content (AvgIpc) is 2.98. The number of carbonyl (C=O) groups excluding carboxylic acids is 1. The third kappa shape index (κ3) is 3.78. The second kappa shape index (κ2) is 7.24. The van der Waals surface area contributed by atoms with Crippen molar-refractivity contribution in [3.63, 3.8) is 0 Å². The van der Waals surface area contributed by atoms with Crippen molar-refractivity contribution >= 4 is 21.4 Å². The molecule has 1 aliphatic rings. The SMILES string of the molecule is Cc1cc(C(=O)N2CCN(c3ccc(S(=O)(=O)C(C)(C)C)nc3)CC2)c(C)o1. The number of hydrogen-bond acceptors (Lipinski definition) is 6. The lowest BCUT2D eigenvalue weighted by Gasteiger charge is -2.36. The maximum atomic E-state index is 12.7. The molecule has 152 valence electrons. The molecule has 28 heavy (non-hydrogen) atoms. The van der Waals surface area contributed by atoms with Crippen LogP contribution < -0.4 is 4.90 Å². The molecule has 3 rings (SSSR count). The molecule has 0 saturated carbocycles. The fraction of sp³-hybridized carbons (Fsp3) is 0.500. The lowest BCUT2D eigenvalue weighted by Crippen LogP contribution is -2.48. The molecule has 0 unspecified atom stereocenters. The Morgan fingerprint density at radius 1 is 1.11 bits per heavy atom. The van der Waals surface area contributed by atoms with Gasteiger partial charge in [-0.15, -0.1) is 0 Å². The quantitative estimate of drug-likeness (QED) is 0.781. The van der Waals surface area contributed by atoms with Crippen molar-refractivity contribution in [3.8, 4) is 0 Å². The van der Waals surface area contributed by atoms with Crippen molar-refractivity contribution in [1.82, 2.24) is 9.88 Å². The zero-order valence-electron chi connectivity index (χ0n) is 17.0. The molecule has 0 bridgehead atoms. The highest BCUT2D eigenvalue weighted by atomic mass is 32.2. The summed E-state index contributed by atoms with van der Waals surface area (Å²) in [7, 11) is -3.47. The minimum atomic E-state index is -3.47. The highest BCUT2D eigenvalue weighted by molar-refractivity contribution is 7.92. The van der Waals surface area contributed by atoms with Crippen LogP contribution >= 0.6 is 0 Å². The van der Waals surface area contributed by atoms with Crippen LogP contribution in [0.15, 0.2) is 33.8 Å². The number of pyridine rings is 1. The first kappa shape index (κ1) is 20.4. The summed E-state index contributed by atoms with van der Waals surface area (Å²) >= 11 is 0. The molecule has 2 aromatic rings. The molecule has 3 heterocycles. The predicted molar refractivity (Wildman–Crippen MR) is 107 cm³/mol. The molecule has 0 radical (unpaired) electrons. The molecular weight excluding hydrogens is 378 g/mol. The zero-order chi connectivity index (χ0) is 20.7. The number of carbonyl (C=O) groups is 1. The van der Waals surface area contributed by atoms with Crippen LogP contribution in [0, 0.1) is 13.8 Å². The van der Waals surface area contributed by atoms with Gasteiger partial charge in [-0.05, 0) is 52.8 Å². The Morgan fingerprint density at radius 3 is 2.21 bits per heavy atom. The Morgan fingerprint density at radius 2 is 1.75 bits per heavy atom. The van der Waals surface area contributed by atoms with Gasteiger partial charge in [0.1, 0.15) is 11.5 Å². The van der Waals surface area contributed by atoms with Gasteiger partial charge >= 0.3 is 0 Å². The molecule has 1 fully saturated rings. The van der Waals surface area contributed by atoms with E-state index in [1.165, 1.54) is 0 Å². The number of piperazine rings is 1. The number of rotatable bonds is 3. The minimum absolute atomic E-state index is 0.0151. The topological polar surface area (TPSA) is 83.7 Å². The van der Waals surface area contributed by atoms with Gasteiger partial charge in [0.15, 0.2) is 14.9 Å². The maximum absolute atomic E-state index is 12.7. The van der Waals surface area contributed by atoms with Gasteiger partial charge in [-0.25, -0.2) is 13.4 Å². The van der Waals surface area contributed by atoms with Crippen molar-refractivity contribution in [2.24, 2.45) is 0 Å². The largest absolute Gasteiger partial charge is 0.466 e. The first-order valence-electron chi connectivity index (χ1n) is 9.32. The molecular formula is C20H27N3O4S. The maximum Gasteiger partial charge on any atom is 0.257 e. The molecule has 0 aromatic carbocycles. The van der Waals surface area contributed by atoms with E-state index in [1.54, 1.807) is 52.1 Å². The summed E-state index contributed by atoms with van der Waals surface area (Å²) in [5, 5.41) is 0.0865. The molecule has 1 saturated heterocycles. The van der Waals surface area contributed by atoms with E-state index >= 15 is 0 Å². The van der Waals surface area contributed by atoms with Crippen LogP contribution in [0.4, 0.5) is 5.69 Å².